The molecule has 0 saturated carbocycles. The van der Waals surface area contributed by atoms with Crippen LogP contribution in [0.25, 0.3) is 0 Å². The summed E-state index contributed by atoms with van der Waals surface area (Å²) in [6.45, 7) is 3.02. The summed E-state index contributed by atoms with van der Waals surface area (Å²) in [4.78, 5) is 12.4. The number of nitrogens with one attached hydrogen (secondary N) is 1. The largest absolute Gasteiger partial charge is 0.494 e. The third-order valence-electron chi connectivity index (χ3n) is 5.01. The van der Waals surface area contributed by atoms with Gasteiger partial charge < -0.3 is 9.47 Å². The second-order valence-electron chi connectivity index (χ2n) is 7.05. The fourth-order valence-corrected chi connectivity index (χ4v) is 3.42. The van der Waals surface area contributed by atoms with Crippen LogP contribution in [0.2, 0.25) is 0 Å². The number of hydrogen-bond acceptors (Lipinski definition) is 4. The summed E-state index contributed by atoms with van der Waals surface area (Å²) in [5.41, 5.74) is 7.56. The van der Waals surface area contributed by atoms with Crippen LogP contribution >= 0.6 is 0 Å². The lowest BCUT2D eigenvalue weighted by molar-refractivity contribution is 0.0954. The predicted octanol–water partition coefficient (Wildman–Crippen LogP) is 4.74. The molecule has 0 aliphatic heterocycles. The van der Waals surface area contributed by atoms with Crippen molar-refractivity contribution in [1.82, 2.24) is 5.43 Å². The van der Waals surface area contributed by atoms with Gasteiger partial charge in [-0.25, -0.2) is 5.43 Å². The molecule has 0 heterocycles. The van der Waals surface area contributed by atoms with Crippen molar-refractivity contribution in [1.29, 1.82) is 0 Å². The van der Waals surface area contributed by atoms with E-state index in [0.29, 0.717) is 18.8 Å². The van der Waals surface area contributed by atoms with Gasteiger partial charge in [0.05, 0.1) is 12.3 Å². The molecule has 1 N–H and O–H groups in total. The van der Waals surface area contributed by atoms with Crippen LogP contribution in [0, 0.1) is 0 Å². The molecule has 0 unspecified atom stereocenters. The first-order valence-corrected chi connectivity index (χ1v) is 10.1. The van der Waals surface area contributed by atoms with Crippen LogP contribution in [0.4, 0.5) is 0 Å². The number of amides is 1. The van der Waals surface area contributed by atoms with Gasteiger partial charge in [0.25, 0.3) is 5.91 Å². The fourth-order valence-electron chi connectivity index (χ4n) is 3.42. The number of nitrogens with zero attached hydrogens (tertiary/aromatic N) is 1. The Bertz CT molecular complexity index is 1040. The minimum absolute atomic E-state index is 0.217. The first kappa shape index (κ1) is 19.7. The lowest BCUT2D eigenvalue weighted by Crippen LogP contribution is -2.19. The molecule has 0 fully saturated rings. The van der Waals surface area contributed by atoms with Gasteiger partial charge in [-0.05, 0) is 67.3 Å². The lowest BCUT2D eigenvalue weighted by atomic mass is 10.1. The summed E-state index contributed by atoms with van der Waals surface area (Å²) in [5.74, 6) is 1.38. The monoisotopic (exact) mass is 400 g/mol. The van der Waals surface area contributed by atoms with E-state index in [9.17, 15) is 4.79 Å². The molecule has 3 aromatic carbocycles. The maximum Gasteiger partial charge on any atom is 0.271 e. The van der Waals surface area contributed by atoms with E-state index in [1.807, 2.05) is 61.5 Å². The number of carbonyl (C=O) groups excluding carboxylic acids is 1. The molecular weight excluding hydrogens is 376 g/mol. The Morgan fingerprint density at radius 2 is 1.60 bits per heavy atom. The average Bonchev–Trinajstić information content (AvgIpc) is 3.21. The van der Waals surface area contributed by atoms with Crippen molar-refractivity contribution in [2.75, 3.05) is 6.61 Å². The van der Waals surface area contributed by atoms with Crippen molar-refractivity contribution < 1.29 is 14.3 Å². The second-order valence-corrected chi connectivity index (χ2v) is 7.05. The van der Waals surface area contributed by atoms with Crippen molar-refractivity contribution >= 4 is 11.6 Å². The van der Waals surface area contributed by atoms with Crippen molar-refractivity contribution in [3.63, 3.8) is 0 Å². The number of rotatable bonds is 7. The van der Waals surface area contributed by atoms with E-state index >= 15 is 0 Å². The third kappa shape index (κ3) is 4.69. The molecule has 0 aromatic heterocycles. The Morgan fingerprint density at radius 1 is 0.900 bits per heavy atom. The first-order chi connectivity index (χ1) is 14.7. The Hall–Kier alpha value is -3.60. The summed E-state index contributed by atoms with van der Waals surface area (Å²) < 4.78 is 11.2. The highest BCUT2D eigenvalue weighted by atomic mass is 16.5. The number of ether oxygens (including phenoxy) is 2. The minimum Gasteiger partial charge on any atom is -0.494 e. The van der Waals surface area contributed by atoms with Crippen LogP contribution in [-0.4, -0.2) is 18.2 Å². The van der Waals surface area contributed by atoms with Gasteiger partial charge in [-0.1, -0.05) is 36.4 Å². The van der Waals surface area contributed by atoms with E-state index in [4.69, 9.17) is 9.47 Å². The minimum atomic E-state index is -0.217. The van der Waals surface area contributed by atoms with E-state index in [2.05, 4.69) is 16.6 Å². The highest BCUT2D eigenvalue weighted by Gasteiger charge is 2.17. The first-order valence-electron chi connectivity index (χ1n) is 10.1. The van der Waals surface area contributed by atoms with E-state index in [1.54, 1.807) is 12.1 Å². The SMILES string of the molecule is CCOc1ccc(OCc2ccc(C(=O)NN=C3CCc4ccccc43)cc2)cc1. The van der Waals surface area contributed by atoms with Gasteiger partial charge in [-0.15, -0.1) is 0 Å². The van der Waals surface area contributed by atoms with Crippen LogP contribution in [0.5, 0.6) is 11.5 Å². The van der Waals surface area contributed by atoms with Gasteiger partial charge in [-0.2, -0.15) is 5.10 Å². The summed E-state index contributed by atoms with van der Waals surface area (Å²) in [6.07, 6.45) is 1.81. The van der Waals surface area contributed by atoms with Crippen molar-refractivity contribution in [3.05, 3.63) is 95.1 Å². The van der Waals surface area contributed by atoms with Crippen LogP contribution in [-0.2, 0) is 13.0 Å². The quantitative estimate of drug-likeness (QED) is 0.583. The van der Waals surface area contributed by atoms with E-state index in [-0.39, 0.29) is 5.91 Å². The molecule has 3 aromatic rings. The highest BCUT2D eigenvalue weighted by molar-refractivity contribution is 6.05. The summed E-state index contributed by atoms with van der Waals surface area (Å²) in [5, 5.41) is 4.34. The number of benzene rings is 3. The number of hydrogen-bond donors (Lipinski definition) is 1. The lowest BCUT2D eigenvalue weighted by Gasteiger charge is -2.08. The van der Waals surface area contributed by atoms with Crippen LogP contribution in [0.1, 0.15) is 40.4 Å². The topological polar surface area (TPSA) is 59.9 Å². The van der Waals surface area contributed by atoms with E-state index in [1.165, 1.54) is 5.56 Å². The maximum atomic E-state index is 12.4. The normalized spacial score (nSPS) is 13.7. The Morgan fingerprint density at radius 3 is 2.33 bits per heavy atom. The Labute approximate surface area is 176 Å². The summed E-state index contributed by atoms with van der Waals surface area (Å²) in [7, 11) is 0. The standard InChI is InChI=1S/C25H24N2O3/c1-2-29-21-12-14-22(15-13-21)30-17-18-7-9-20(10-8-18)25(28)27-26-24-16-11-19-5-3-4-6-23(19)24/h3-10,12-15H,2,11,16-17H2,1H3,(H,27,28). The smallest absolute Gasteiger partial charge is 0.271 e. The molecule has 0 atom stereocenters. The summed E-state index contributed by atoms with van der Waals surface area (Å²) in [6, 6.07) is 23.1. The third-order valence-corrected chi connectivity index (χ3v) is 5.01. The zero-order valence-electron chi connectivity index (χ0n) is 16.9. The van der Waals surface area contributed by atoms with Gasteiger partial charge in [0.2, 0.25) is 0 Å². The number of fused-ring (bicyclic) bond motifs is 1. The Kier molecular flexibility index (Phi) is 6.09. The molecule has 5 heteroatoms. The maximum absolute atomic E-state index is 12.4. The van der Waals surface area contributed by atoms with Gasteiger partial charge in [-0.3, -0.25) is 4.79 Å². The van der Waals surface area contributed by atoms with Gasteiger partial charge in [0, 0.05) is 11.1 Å². The summed E-state index contributed by atoms with van der Waals surface area (Å²) >= 11 is 0. The molecule has 152 valence electrons. The molecule has 0 saturated heterocycles. The molecule has 1 aliphatic rings. The molecule has 5 nitrogen and oxygen atoms in total. The molecule has 0 spiro atoms. The highest BCUT2D eigenvalue weighted by Crippen LogP contribution is 2.22. The number of carbonyl (C=O) groups is 1. The molecular formula is C25H24N2O3. The van der Waals surface area contributed by atoms with E-state index < -0.39 is 0 Å². The van der Waals surface area contributed by atoms with Crippen LogP contribution in [0.15, 0.2) is 77.9 Å². The average molecular weight is 400 g/mol. The number of hydrazone groups is 1. The second kappa shape index (κ2) is 9.27. The fraction of sp³-hybridized carbons (Fsp3) is 0.200. The van der Waals surface area contributed by atoms with Crippen molar-refractivity contribution in [2.24, 2.45) is 5.10 Å². The Balaban J connectivity index is 1.32. The van der Waals surface area contributed by atoms with Crippen molar-refractivity contribution in [2.45, 2.75) is 26.4 Å². The van der Waals surface area contributed by atoms with Gasteiger partial charge >= 0.3 is 0 Å². The van der Waals surface area contributed by atoms with E-state index in [0.717, 1.165) is 41.2 Å². The molecule has 4 rings (SSSR count). The molecule has 30 heavy (non-hydrogen) atoms. The van der Waals surface area contributed by atoms with Gasteiger partial charge in [0.1, 0.15) is 18.1 Å². The zero-order chi connectivity index (χ0) is 20.8. The molecule has 0 radical (unpaired) electrons. The molecule has 0 bridgehead atoms. The zero-order valence-corrected chi connectivity index (χ0v) is 16.9. The molecule has 1 amide bonds. The van der Waals surface area contributed by atoms with Crippen LogP contribution in [0.3, 0.4) is 0 Å². The number of aryl methyl sites for hydroxylation is 1. The predicted molar refractivity (Wildman–Crippen MR) is 117 cm³/mol. The van der Waals surface area contributed by atoms with Crippen molar-refractivity contribution in [3.8, 4) is 11.5 Å². The molecule has 1 aliphatic carbocycles. The van der Waals surface area contributed by atoms with Gasteiger partial charge in [0.15, 0.2) is 0 Å². The van der Waals surface area contributed by atoms with Crippen LogP contribution < -0.4 is 14.9 Å².